The SMILES string of the molecule is OC(CC(=Nc1ccccc1)c1ccccc1)(c1ccccc1)c1ccccc1. The van der Waals surface area contributed by atoms with Gasteiger partial charge in [-0.15, -0.1) is 0 Å². The molecule has 0 amide bonds. The summed E-state index contributed by atoms with van der Waals surface area (Å²) in [5.74, 6) is 0. The molecule has 0 aliphatic rings. The fourth-order valence-electron chi connectivity index (χ4n) is 3.54. The van der Waals surface area contributed by atoms with Crippen LogP contribution < -0.4 is 0 Å². The Labute approximate surface area is 171 Å². The average Bonchev–Trinajstić information content (AvgIpc) is 2.81. The molecule has 0 fully saturated rings. The van der Waals surface area contributed by atoms with E-state index < -0.39 is 5.60 Å². The summed E-state index contributed by atoms with van der Waals surface area (Å²) in [4.78, 5) is 4.92. The molecule has 0 aliphatic carbocycles. The van der Waals surface area contributed by atoms with Gasteiger partial charge < -0.3 is 5.11 Å². The molecular weight excluding hydrogens is 354 g/mol. The maximum absolute atomic E-state index is 12.0. The summed E-state index contributed by atoms with van der Waals surface area (Å²) in [5.41, 5.74) is 3.22. The van der Waals surface area contributed by atoms with Crippen LogP contribution in [0, 0.1) is 0 Å². The second-order valence-electron chi connectivity index (χ2n) is 7.03. The van der Waals surface area contributed by atoms with Crippen LogP contribution in [0.5, 0.6) is 0 Å². The largest absolute Gasteiger partial charge is 0.380 e. The lowest BCUT2D eigenvalue weighted by atomic mass is 9.81. The Morgan fingerprint density at radius 1 is 0.586 bits per heavy atom. The van der Waals surface area contributed by atoms with Crippen LogP contribution >= 0.6 is 0 Å². The van der Waals surface area contributed by atoms with Gasteiger partial charge in [-0.1, -0.05) is 109 Å². The highest BCUT2D eigenvalue weighted by atomic mass is 16.3. The minimum Gasteiger partial charge on any atom is -0.380 e. The quantitative estimate of drug-likeness (QED) is 0.403. The maximum Gasteiger partial charge on any atom is 0.120 e. The number of nitrogens with zero attached hydrogens (tertiary/aromatic N) is 1. The van der Waals surface area contributed by atoms with Crippen molar-refractivity contribution in [1.29, 1.82) is 0 Å². The molecule has 142 valence electrons. The third-order valence-corrected chi connectivity index (χ3v) is 5.05. The molecule has 29 heavy (non-hydrogen) atoms. The van der Waals surface area contributed by atoms with Gasteiger partial charge >= 0.3 is 0 Å². The fraction of sp³-hybridized carbons (Fsp3) is 0.0741. The van der Waals surface area contributed by atoms with Crippen molar-refractivity contribution < 1.29 is 5.11 Å². The number of aliphatic hydroxyl groups is 1. The molecule has 0 atom stereocenters. The number of rotatable bonds is 6. The van der Waals surface area contributed by atoms with Gasteiger partial charge in [-0.2, -0.15) is 0 Å². The molecule has 0 heterocycles. The Morgan fingerprint density at radius 3 is 1.48 bits per heavy atom. The summed E-state index contributed by atoms with van der Waals surface area (Å²) in [7, 11) is 0. The highest BCUT2D eigenvalue weighted by molar-refractivity contribution is 6.03. The summed E-state index contributed by atoms with van der Waals surface area (Å²) in [6.07, 6.45) is 0.361. The second kappa shape index (κ2) is 8.68. The van der Waals surface area contributed by atoms with Gasteiger partial charge in [-0.05, 0) is 28.8 Å². The first-order chi connectivity index (χ1) is 14.3. The highest BCUT2D eigenvalue weighted by Crippen LogP contribution is 2.35. The van der Waals surface area contributed by atoms with Crippen molar-refractivity contribution in [3.8, 4) is 0 Å². The number of hydrogen-bond donors (Lipinski definition) is 1. The zero-order valence-corrected chi connectivity index (χ0v) is 16.1. The van der Waals surface area contributed by atoms with E-state index in [0.717, 1.165) is 28.1 Å². The third kappa shape index (κ3) is 4.34. The summed E-state index contributed by atoms with van der Waals surface area (Å²) in [6.45, 7) is 0. The van der Waals surface area contributed by atoms with Crippen molar-refractivity contribution in [3.63, 3.8) is 0 Å². The lowest BCUT2D eigenvalue weighted by Crippen LogP contribution is -2.31. The van der Waals surface area contributed by atoms with Crippen LogP contribution in [0.25, 0.3) is 0 Å². The van der Waals surface area contributed by atoms with Crippen molar-refractivity contribution in [2.45, 2.75) is 12.0 Å². The van der Waals surface area contributed by atoms with Gasteiger partial charge in [-0.3, -0.25) is 4.99 Å². The second-order valence-corrected chi connectivity index (χ2v) is 7.03. The predicted octanol–water partition coefficient (Wildman–Crippen LogP) is 6.13. The summed E-state index contributed by atoms with van der Waals surface area (Å²) in [6, 6.07) is 39.6. The smallest absolute Gasteiger partial charge is 0.120 e. The van der Waals surface area contributed by atoms with Crippen LogP contribution in [0.4, 0.5) is 5.69 Å². The summed E-state index contributed by atoms with van der Waals surface area (Å²) >= 11 is 0. The lowest BCUT2D eigenvalue weighted by Gasteiger charge is -2.30. The van der Waals surface area contributed by atoms with Gasteiger partial charge in [-0.25, -0.2) is 0 Å². The number of aliphatic imine (C=N–C) groups is 1. The Morgan fingerprint density at radius 2 is 1.00 bits per heavy atom. The Hall–Kier alpha value is -3.49. The fourth-order valence-corrected chi connectivity index (χ4v) is 3.54. The van der Waals surface area contributed by atoms with E-state index in [9.17, 15) is 5.11 Å². The Kier molecular flexibility index (Phi) is 5.64. The van der Waals surface area contributed by atoms with Gasteiger partial charge in [0.25, 0.3) is 0 Å². The van der Waals surface area contributed by atoms with E-state index in [0.29, 0.717) is 6.42 Å². The van der Waals surface area contributed by atoms with Crippen molar-refractivity contribution in [3.05, 3.63) is 138 Å². The van der Waals surface area contributed by atoms with Gasteiger partial charge in [0.1, 0.15) is 5.60 Å². The molecule has 0 unspecified atom stereocenters. The molecule has 0 saturated heterocycles. The number of para-hydroxylation sites is 1. The third-order valence-electron chi connectivity index (χ3n) is 5.05. The zero-order valence-electron chi connectivity index (χ0n) is 16.1. The van der Waals surface area contributed by atoms with Crippen LogP contribution in [-0.2, 0) is 5.60 Å². The first-order valence-corrected chi connectivity index (χ1v) is 9.77. The van der Waals surface area contributed by atoms with Crippen molar-refractivity contribution in [2.75, 3.05) is 0 Å². The highest BCUT2D eigenvalue weighted by Gasteiger charge is 2.33. The minimum atomic E-state index is -1.19. The molecule has 0 spiro atoms. The van der Waals surface area contributed by atoms with E-state index in [1.165, 1.54) is 0 Å². The normalized spacial score (nSPS) is 12.0. The molecule has 0 saturated carbocycles. The molecule has 4 aromatic carbocycles. The Bertz CT molecular complexity index is 1020. The average molecular weight is 377 g/mol. The van der Waals surface area contributed by atoms with Crippen molar-refractivity contribution in [2.24, 2.45) is 4.99 Å². The van der Waals surface area contributed by atoms with Crippen LogP contribution in [-0.4, -0.2) is 10.8 Å². The summed E-state index contributed by atoms with van der Waals surface area (Å²) in [5, 5.41) is 12.0. The number of benzene rings is 4. The van der Waals surface area contributed by atoms with Crippen molar-refractivity contribution >= 4 is 11.4 Å². The monoisotopic (exact) mass is 377 g/mol. The van der Waals surface area contributed by atoms with Crippen molar-refractivity contribution in [1.82, 2.24) is 0 Å². The molecule has 4 rings (SSSR count). The molecule has 0 aliphatic heterocycles. The molecule has 1 N–H and O–H groups in total. The van der Waals surface area contributed by atoms with E-state index in [2.05, 4.69) is 0 Å². The van der Waals surface area contributed by atoms with Gasteiger partial charge in [0.05, 0.1) is 11.4 Å². The van der Waals surface area contributed by atoms with Gasteiger partial charge in [0.2, 0.25) is 0 Å². The van der Waals surface area contributed by atoms with Crippen LogP contribution in [0.3, 0.4) is 0 Å². The molecule has 0 radical (unpaired) electrons. The molecule has 2 nitrogen and oxygen atoms in total. The van der Waals surface area contributed by atoms with E-state index in [-0.39, 0.29) is 0 Å². The number of hydrogen-bond acceptors (Lipinski definition) is 2. The topological polar surface area (TPSA) is 32.6 Å². The van der Waals surface area contributed by atoms with E-state index in [1.54, 1.807) is 0 Å². The van der Waals surface area contributed by atoms with Crippen LogP contribution in [0.1, 0.15) is 23.1 Å². The van der Waals surface area contributed by atoms with Gasteiger partial charge in [0, 0.05) is 6.42 Å². The first kappa shape index (κ1) is 18.9. The first-order valence-electron chi connectivity index (χ1n) is 9.77. The summed E-state index contributed by atoms with van der Waals surface area (Å²) < 4.78 is 0. The molecule has 0 bridgehead atoms. The van der Waals surface area contributed by atoms with E-state index in [1.807, 2.05) is 121 Å². The lowest BCUT2D eigenvalue weighted by molar-refractivity contribution is 0.0891. The zero-order chi connectivity index (χ0) is 19.9. The van der Waals surface area contributed by atoms with Crippen LogP contribution in [0.2, 0.25) is 0 Å². The van der Waals surface area contributed by atoms with Crippen LogP contribution in [0.15, 0.2) is 126 Å². The molecule has 2 heteroatoms. The van der Waals surface area contributed by atoms with E-state index in [4.69, 9.17) is 4.99 Å². The predicted molar refractivity (Wildman–Crippen MR) is 120 cm³/mol. The maximum atomic E-state index is 12.0. The molecular formula is C27H23NO. The standard InChI is InChI=1S/C27H23NO/c29-27(23-15-7-2-8-16-23,24-17-9-3-10-18-24)21-26(22-13-5-1-6-14-22)28-25-19-11-4-12-20-25/h1-20,29H,21H2. The Balaban J connectivity index is 1.84. The molecule has 4 aromatic rings. The van der Waals surface area contributed by atoms with Gasteiger partial charge in [0.15, 0.2) is 0 Å². The minimum absolute atomic E-state index is 0.361. The molecule has 0 aromatic heterocycles. The van der Waals surface area contributed by atoms with E-state index >= 15 is 0 Å².